The molecule has 0 aliphatic carbocycles. The quantitative estimate of drug-likeness (QED) is 0.716. The maximum absolute atomic E-state index is 11.7. The van der Waals surface area contributed by atoms with Gasteiger partial charge in [0, 0.05) is 17.8 Å². The van der Waals surface area contributed by atoms with Gasteiger partial charge in [-0.05, 0) is 24.1 Å². The second-order valence-corrected chi connectivity index (χ2v) is 4.29. The molecule has 0 spiro atoms. The summed E-state index contributed by atoms with van der Waals surface area (Å²) in [6, 6.07) is 6.77. The zero-order chi connectivity index (χ0) is 12.8. The van der Waals surface area contributed by atoms with Gasteiger partial charge in [-0.3, -0.25) is 4.79 Å². The Morgan fingerprint density at radius 3 is 2.72 bits per heavy atom. The first-order chi connectivity index (χ1) is 8.04. The van der Waals surface area contributed by atoms with E-state index in [1.54, 1.807) is 24.3 Å². The summed E-state index contributed by atoms with van der Waals surface area (Å²) in [5, 5.41) is 12.4. The van der Waals surface area contributed by atoms with E-state index in [1.165, 1.54) is 0 Å². The van der Waals surface area contributed by atoms with Crippen molar-refractivity contribution in [3.63, 3.8) is 0 Å². The van der Waals surface area contributed by atoms with E-state index in [1.807, 2.05) is 13.8 Å². The summed E-state index contributed by atoms with van der Waals surface area (Å²) in [7, 11) is 0. The Morgan fingerprint density at radius 2 is 2.17 bits per heavy atom. The molecule has 0 saturated carbocycles. The normalized spacial score (nSPS) is 13.3. The van der Waals surface area contributed by atoms with Gasteiger partial charge in [-0.1, -0.05) is 26.3 Å². The van der Waals surface area contributed by atoms with Crippen molar-refractivity contribution >= 4 is 24.0 Å². The lowest BCUT2D eigenvalue weighted by Crippen LogP contribution is -2.35. The van der Waals surface area contributed by atoms with Crippen LogP contribution in [0.25, 0.3) is 0 Å². The standard InChI is InChI=1S/C13H20N2O2.ClH/c1-3-9(2)12(16)8-15-13(17)10-5-4-6-11(14)7-10;/h4-7,9,12,16H,3,8,14H2,1-2H3,(H,15,17);1H. The number of carbonyl (C=O) groups excluding carboxylic acids is 1. The number of nitrogens with two attached hydrogens (primary N) is 1. The van der Waals surface area contributed by atoms with Crippen LogP contribution in [0.3, 0.4) is 0 Å². The molecule has 0 fully saturated rings. The summed E-state index contributed by atoms with van der Waals surface area (Å²) >= 11 is 0. The fraction of sp³-hybridized carbons (Fsp3) is 0.462. The van der Waals surface area contributed by atoms with E-state index in [0.717, 1.165) is 6.42 Å². The fourth-order valence-corrected chi connectivity index (χ4v) is 1.45. The summed E-state index contributed by atoms with van der Waals surface area (Å²) in [4.78, 5) is 11.7. The zero-order valence-electron chi connectivity index (χ0n) is 10.7. The molecule has 0 saturated heterocycles. The largest absolute Gasteiger partial charge is 0.399 e. The maximum Gasteiger partial charge on any atom is 0.251 e. The Morgan fingerprint density at radius 1 is 1.50 bits per heavy atom. The number of rotatable bonds is 5. The summed E-state index contributed by atoms with van der Waals surface area (Å²) in [5.74, 6) is -0.0317. The molecule has 4 nitrogen and oxygen atoms in total. The SMILES string of the molecule is CCC(C)C(O)CNC(=O)c1cccc(N)c1.Cl. The third-order valence-corrected chi connectivity index (χ3v) is 2.92. The maximum atomic E-state index is 11.7. The first kappa shape index (κ1) is 16.7. The lowest BCUT2D eigenvalue weighted by molar-refractivity contribution is 0.0850. The number of aliphatic hydroxyl groups is 1. The highest BCUT2D eigenvalue weighted by molar-refractivity contribution is 5.94. The number of nitrogens with one attached hydrogen (secondary N) is 1. The molecule has 0 heterocycles. The lowest BCUT2D eigenvalue weighted by Gasteiger charge is -2.17. The van der Waals surface area contributed by atoms with Crippen LogP contribution in [-0.2, 0) is 0 Å². The van der Waals surface area contributed by atoms with Gasteiger partial charge < -0.3 is 16.2 Å². The van der Waals surface area contributed by atoms with Gasteiger partial charge in [0.05, 0.1) is 6.10 Å². The van der Waals surface area contributed by atoms with Crippen LogP contribution in [-0.4, -0.2) is 23.7 Å². The predicted octanol–water partition coefficient (Wildman–Crippen LogP) is 1.83. The Bertz CT molecular complexity index is 385. The summed E-state index contributed by atoms with van der Waals surface area (Å²) in [6.07, 6.45) is 0.375. The third kappa shape index (κ3) is 4.94. The van der Waals surface area contributed by atoms with Gasteiger partial charge in [-0.15, -0.1) is 12.4 Å². The molecular weight excluding hydrogens is 252 g/mol. The molecule has 0 aliphatic heterocycles. The van der Waals surface area contributed by atoms with Crippen molar-refractivity contribution in [2.24, 2.45) is 5.92 Å². The summed E-state index contributed by atoms with van der Waals surface area (Å²) in [6.45, 7) is 4.23. The van der Waals surface area contributed by atoms with Crippen molar-refractivity contribution in [2.45, 2.75) is 26.4 Å². The summed E-state index contributed by atoms with van der Waals surface area (Å²) in [5.41, 5.74) is 6.66. The molecule has 1 aromatic carbocycles. The second kappa shape index (κ2) is 7.95. The number of hydrogen-bond acceptors (Lipinski definition) is 3. The van der Waals surface area contributed by atoms with E-state index in [0.29, 0.717) is 11.3 Å². The van der Waals surface area contributed by atoms with Crippen molar-refractivity contribution in [1.82, 2.24) is 5.32 Å². The van der Waals surface area contributed by atoms with Crippen LogP contribution < -0.4 is 11.1 Å². The van der Waals surface area contributed by atoms with Crippen LogP contribution in [0.15, 0.2) is 24.3 Å². The fourth-order valence-electron chi connectivity index (χ4n) is 1.45. The van der Waals surface area contributed by atoms with E-state index >= 15 is 0 Å². The molecule has 1 rings (SSSR count). The van der Waals surface area contributed by atoms with E-state index < -0.39 is 6.10 Å². The number of amides is 1. The molecule has 0 radical (unpaired) electrons. The second-order valence-electron chi connectivity index (χ2n) is 4.29. The molecule has 2 atom stereocenters. The van der Waals surface area contributed by atoms with Crippen LogP contribution in [0.5, 0.6) is 0 Å². The number of benzene rings is 1. The van der Waals surface area contributed by atoms with Crippen LogP contribution in [0, 0.1) is 5.92 Å². The van der Waals surface area contributed by atoms with Crippen molar-refractivity contribution in [3.8, 4) is 0 Å². The van der Waals surface area contributed by atoms with E-state index in [-0.39, 0.29) is 30.8 Å². The monoisotopic (exact) mass is 272 g/mol. The van der Waals surface area contributed by atoms with Crippen LogP contribution in [0.1, 0.15) is 30.6 Å². The Labute approximate surface area is 114 Å². The molecule has 4 N–H and O–H groups in total. The zero-order valence-corrected chi connectivity index (χ0v) is 11.5. The molecule has 2 unspecified atom stereocenters. The summed E-state index contributed by atoms with van der Waals surface area (Å²) < 4.78 is 0. The number of hydrogen-bond donors (Lipinski definition) is 3. The first-order valence-corrected chi connectivity index (χ1v) is 5.86. The van der Waals surface area contributed by atoms with Gasteiger partial charge in [-0.25, -0.2) is 0 Å². The number of nitrogen functional groups attached to an aromatic ring is 1. The molecule has 0 bridgehead atoms. The average Bonchev–Trinajstić information content (AvgIpc) is 2.34. The molecular formula is C13H21ClN2O2. The minimum atomic E-state index is -0.509. The number of carbonyl (C=O) groups is 1. The van der Waals surface area contributed by atoms with Gasteiger partial charge in [0.25, 0.3) is 5.91 Å². The molecule has 1 aromatic rings. The van der Waals surface area contributed by atoms with E-state index in [4.69, 9.17) is 5.73 Å². The molecule has 0 aliphatic rings. The van der Waals surface area contributed by atoms with Gasteiger partial charge in [-0.2, -0.15) is 0 Å². The molecule has 102 valence electrons. The van der Waals surface area contributed by atoms with E-state index in [2.05, 4.69) is 5.32 Å². The predicted molar refractivity (Wildman–Crippen MR) is 75.9 cm³/mol. The minimum absolute atomic E-state index is 0. The van der Waals surface area contributed by atoms with Crippen LogP contribution in [0.2, 0.25) is 0 Å². The number of aliphatic hydroxyl groups excluding tert-OH is 1. The smallest absolute Gasteiger partial charge is 0.251 e. The Balaban J connectivity index is 0.00000289. The molecule has 1 amide bonds. The number of halogens is 1. The van der Waals surface area contributed by atoms with Crippen molar-refractivity contribution < 1.29 is 9.90 Å². The Hall–Kier alpha value is -1.26. The highest BCUT2D eigenvalue weighted by Crippen LogP contribution is 2.08. The van der Waals surface area contributed by atoms with Gasteiger partial charge >= 0.3 is 0 Å². The Kier molecular flexibility index (Phi) is 7.39. The first-order valence-electron chi connectivity index (χ1n) is 5.86. The highest BCUT2D eigenvalue weighted by Gasteiger charge is 2.13. The average molecular weight is 273 g/mol. The highest BCUT2D eigenvalue weighted by atomic mass is 35.5. The van der Waals surface area contributed by atoms with Gasteiger partial charge in [0.15, 0.2) is 0 Å². The van der Waals surface area contributed by atoms with Crippen molar-refractivity contribution in [3.05, 3.63) is 29.8 Å². The lowest BCUT2D eigenvalue weighted by atomic mass is 10.0. The minimum Gasteiger partial charge on any atom is -0.399 e. The van der Waals surface area contributed by atoms with Crippen molar-refractivity contribution in [1.29, 1.82) is 0 Å². The third-order valence-electron chi connectivity index (χ3n) is 2.92. The molecule has 5 heteroatoms. The van der Waals surface area contributed by atoms with Gasteiger partial charge in [0.2, 0.25) is 0 Å². The van der Waals surface area contributed by atoms with Crippen LogP contribution >= 0.6 is 12.4 Å². The van der Waals surface area contributed by atoms with Crippen LogP contribution in [0.4, 0.5) is 5.69 Å². The van der Waals surface area contributed by atoms with Gasteiger partial charge in [0.1, 0.15) is 0 Å². The van der Waals surface area contributed by atoms with E-state index in [9.17, 15) is 9.90 Å². The topological polar surface area (TPSA) is 75.3 Å². The molecule has 0 aromatic heterocycles. The number of anilines is 1. The molecule has 18 heavy (non-hydrogen) atoms. The van der Waals surface area contributed by atoms with Crippen molar-refractivity contribution in [2.75, 3.05) is 12.3 Å².